The summed E-state index contributed by atoms with van der Waals surface area (Å²) < 4.78 is 18.3. The van der Waals surface area contributed by atoms with Crippen molar-refractivity contribution in [2.45, 2.75) is 25.8 Å². The lowest BCUT2D eigenvalue weighted by atomic mass is 10.0. The molecule has 4 heterocycles. The highest BCUT2D eigenvalue weighted by atomic mass is 16.7. The Hall–Kier alpha value is -4.00. The summed E-state index contributed by atoms with van der Waals surface area (Å²) in [6.07, 6.45) is 3.95. The van der Waals surface area contributed by atoms with E-state index < -0.39 is 0 Å². The number of anilines is 2. The highest BCUT2D eigenvalue weighted by Crippen LogP contribution is 2.34. The predicted molar refractivity (Wildman–Crippen MR) is 143 cm³/mol. The number of fused-ring (bicyclic) bond motifs is 1. The summed E-state index contributed by atoms with van der Waals surface area (Å²) in [6.45, 7) is 7.62. The molecule has 0 atom stereocenters. The van der Waals surface area contributed by atoms with Gasteiger partial charge in [-0.25, -0.2) is 0 Å². The van der Waals surface area contributed by atoms with E-state index in [2.05, 4.69) is 21.2 Å². The summed E-state index contributed by atoms with van der Waals surface area (Å²) in [5.74, 6) is 1.18. The van der Waals surface area contributed by atoms with Crippen molar-refractivity contribution >= 4 is 17.3 Å². The lowest BCUT2D eigenvalue weighted by molar-refractivity contribution is 0.0115. The van der Waals surface area contributed by atoms with Gasteiger partial charge in [0.2, 0.25) is 6.79 Å². The van der Waals surface area contributed by atoms with Crippen molar-refractivity contribution in [3.05, 3.63) is 65.5 Å². The van der Waals surface area contributed by atoms with Crippen LogP contribution in [0.2, 0.25) is 0 Å². The van der Waals surface area contributed by atoms with Gasteiger partial charge in [-0.15, -0.1) is 0 Å². The quantitative estimate of drug-likeness (QED) is 0.553. The molecule has 0 unspecified atom stereocenters. The van der Waals surface area contributed by atoms with E-state index in [1.165, 1.54) is 0 Å². The Labute approximate surface area is 222 Å². The third-order valence-corrected chi connectivity index (χ3v) is 7.65. The monoisotopic (exact) mass is 513 g/mol. The smallest absolute Gasteiger partial charge is 0.257 e. The first-order valence-electron chi connectivity index (χ1n) is 13.1. The van der Waals surface area contributed by atoms with Crippen LogP contribution in [-0.2, 0) is 4.74 Å². The van der Waals surface area contributed by atoms with Crippen LogP contribution < -0.4 is 19.7 Å². The number of hydrogen-bond acceptors (Lipinski definition) is 7. The molecule has 2 aromatic carbocycles. The van der Waals surface area contributed by atoms with Crippen LogP contribution in [0.5, 0.6) is 11.5 Å². The number of piperidine rings is 1. The number of nitrogens with one attached hydrogen (secondary N) is 1. The highest BCUT2D eigenvalue weighted by molar-refractivity contribution is 6.04. The minimum Gasteiger partial charge on any atom is -0.454 e. The SMILES string of the molecule is Cc1cc(C(=O)Nc2ccc(N3CCC(N4CCOCC4)CC3)c(C#N)c2)cn1-c1ccc2c(c1)OCO2. The number of hydrogen-bond donors (Lipinski definition) is 1. The molecule has 3 aromatic rings. The van der Waals surface area contributed by atoms with Gasteiger partial charge in [-0.3, -0.25) is 9.69 Å². The fourth-order valence-electron chi connectivity index (χ4n) is 5.61. The lowest BCUT2D eigenvalue weighted by Gasteiger charge is -2.41. The van der Waals surface area contributed by atoms with E-state index in [0.29, 0.717) is 28.6 Å². The third-order valence-electron chi connectivity index (χ3n) is 7.65. The van der Waals surface area contributed by atoms with E-state index in [9.17, 15) is 10.1 Å². The molecule has 1 amide bonds. The van der Waals surface area contributed by atoms with Crippen LogP contribution in [-0.4, -0.2) is 67.6 Å². The number of rotatable bonds is 5. The Morgan fingerprint density at radius 3 is 2.58 bits per heavy atom. The Balaban J connectivity index is 1.13. The van der Waals surface area contributed by atoms with Gasteiger partial charge in [-0.2, -0.15) is 5.26 Å². The lowest BCUT2D eigenvalue weighted by Crippen LogP contribution is -2.49. The van der Waals surface area contributed by atoms with Crippen LogP contribution in [0.15, 0.2) is 48.7 Å². The average molecular weight is 514 g/mol. The fraction of sp³-hybridized carbons (Fsp3) is 0.379. The maximum absolute atomic E-state index is 13.1. The maximum atomic E-state index is 13.1. The molecule has 0 saturated carbocycles. The van der Waals surface area contributed by atoms with Gasteiger partial charge in [-0.05, 0) is 56.2 Å². The number of carbonyl (C=O) groups is 1. The van der Waals surface area contributed by atoms with Gasteiger partial charge in [0.05, 0.1) is 30.0 Å². The van der Waals surface area contributed by atoms with Gasteiger partial charge in [0.15, 0.2) is 11.5 Å². The second-order valence-electron chi connectivity index (χ2n) is 9.94. The van der Waals surface area contributed by atoms with Gasteiger partial charge in [0, 0.05) is 61.6 Å². The second-order valence-corrected chi connectivity index (χ2v) is 9.94. The van der Waals surface area contributed by atoms with E-state index in [1.54, 1.807) is 12.3 Å². The molecule has 9 heteroatoms. The van der Waals surface area contributed by atoms with Gasteiger partial charge >= 0.3 is 0 Å². The number of carbonyl (C=O) groups excluding carboxylic acids is 1. The van der Waals surface area contributed by atoms with Crippen molar-refractivity contribution in [1.82, 2.24) is 9.47 Å². The minimum absolute atomic E-state index is 0.216. The Kier molecular flexibility index (Phi) is 6.66. The summed E-state index contributed by atoms with van der Waals surface area (Å²) in [7, 11) is 0. The van der Waals surface area contributed by atoms with Crippen LogP contribution in [0.4, 0.5) is 11.4 Å². The van der Waals surface area contributed by atoms with E-state index in [4.69, 9.17) is 14.2 Å². The number of morpholine rings is 1. The molecule has 196 valence electrons. The summed E-state index contributed by atoms with van der Waals surface area (Å²) in [5, 5.41) is 12.8. The molecule has 3 aliphatic heterocycles. The molecule has 3 aliphatic rings. The highest BCUT2D eigenvalue weighted by Gasteiger charge is 2.27. The van der Waals surface area contributed by atoms with E-state index in [1.807, 2.05) is 47.9 Å². The molecule has 0 spiro atoms. The first kappa shape index (κ1) is 24.3. The molecule has 38 heavy (non-hydrogen) atoms. The molecule has 0 aliphatic carbocycles. The Morgan fingerprint density at radius 1 is 1.00 bits per heavy atom. The van der Waals surface area contributed by atoms with Crippen molar-refractivity contribution in [1.29, 1.82) is 5.26 Å². The molecular formula is C29H31N5O4. The summed E-state index contributed by atoms with van der Waals surface area (Å²) in [6, 6.07) is 16.1. The predicted octanol–water partition coefficient (Wildman–Crippen LogP) is 3.94. The molecule has 2 fully saturated rings. The first-order chi connectivity index (χ1) is 18.6. The van der Waals surface area contributed by atoms with E-state index in [0.717, 1.165) is 75.1 Å². The number of benzene rings is 2. The van der Waals surface area contributed by atoms with Crippen molar-refractivity contribution in [2.24, 2.45) is 0 Å². The third kappa shape index (κ3) is 4.80. The minimum atomic E-state index is -0.226. The summed E-state index contributed by atoms with van der Waals surface area (Å²) >= 11 is 0. The molecule has 0 radical (unpaired) electrons. The number of aromatic nitrogens is 1. The van der Waals surface area contributed by atoms with Gasteiger partial charge in [-0.1, -0.05) is 0 Å². The van der Waals surface area contributed by atoms with Gasteiger partial charge in [0.25, 0.3) is 5.91 Å². The van der Waals surface area contributed by atoms with Gasteiger partial charge in [0.1, 0.15) is 6.07 Å². The van der Waals surface area contributed by atoms with Gasteiger partial charge < -0.3 is 29.0 Å². The summed E-state index contributed by atoms with van der Waals surface area (Å²) in [5.41, 5.74) is 4.44. The van der Waals surface area contributed by atoms with Crippen molar-refractivity contribution < 1.29 is 19.0 Å². The fourth-order valence-corrected chi connectivity index (χ4v) is 5.61. The number of nitrogens with zero attached hydrogens (tertiary/aromatic N) is 4. The zero-order valence-electron chi connectivity index (χ0n) is 21.5. The standard InChI is InChI=1S/C29H31N5O4/c1-20-14-22(18-34(20)25-3-5-27-28(16-25)38-19-37-27)29(35)31-23-2-4-26(21(15-23)17-30)33-8-6-24(7-9-33)32-10-12-36-13-11-32/h2-5,14-16,18,24H,6-13,19H2,1H3,(H,31,35). The van der Waals surface area contributed by atoms with Crippen LogP contribution in [0, 0.1) is 18.3 Å². The maximum Gasteiger partial charge on any atom is 0.257 e. The molecule has 1 N–H and O–H groups in total. The largest absolute Gasteiger partial charge is 0.454 e. The topological polar surface area (TPSA) is 92.0 Å². The van der Waals surface area contributed by atoms with E-state index in [-0.39, 0.29) is 12.7 Å². The van der Waals surface area contributed by atoms with Crippen molar-refractivity contribution in [3.63, 3.8) is 0 Å². The number of amides is 1. The zero-order valence-corrected chi connectivity index (χ0v) is 21.5. The Morgan fingerprint density at radius 2 is 1.79 bits per heavy atom. The molecule has 9 nitrogen and oxygen atoms in total. The normalized spacial score (nSPS) is 17.8. The summed E-state index contributed by atoms with van der Waals surface area (Å²) in [4.78, 5) is 17.9. The van der Waals surface area contributed by atoms with Crippen LogP contribution in [0.25, 0.3) is 5.69 Å². The van der Waals surface area contributed by atoms with Crippen LogP contribution in [0.1, 0.15) is 34.5 Å². The molecule has 1 aromatic heterocycles. The number of ether oxygens (including phenoxy) is 3. The molecule has 6 rings (SSSR count). The first-order valence-corrected chi connectivity index (χ1v) is 13.1. The van der Waals surface area contributed by atoms with Crippen LogP contribution in [0.3, 0.4) is 0 Å². The van der Waals surface area contributed by atoms with Crippen molar-refractivity contribution in [3.8, 4) is 23.3 Å². The number of nitriles is 1. The van der Waals surface area contributed by atoms with Crippen LogP contribution >= 0.6 is 0 Å². The number of aryl methyl sites for hydroxylation is 1. The molecule has 0 bridgehead atoms. The molecular weight excluding hydrogens is 482 g/mol. The Bertz CT molecular complexity index is 1380. The molecule has 2 saturated heterocycles. The van der Waals surface area contributed by atoms with E-state index >= 15 is 0 Å². The zero-order chi connectivity index (χ0) is 26.1. The second kappa shape index (κ2) is 10.4. The van der Waals surface area contributed by atoms with Crippen molar-refractivity contribution in [2.75, 3.05) is 56.4 Å². The average Bonchev–Trinajstić information content (AvgIpc) is 3.59.